The monoisotopic (exact) mass is 489 g/mol. The highest BCUT2D eigenvalue weighted by atomic mass is 127. The van der Waals surface area contributed by atoms with Gasteiger partial charge in [0.2, 0.25) is 0 Å². The molecule has 154 valence electrons. The summed E-state index contributed by atoms with van der Waals surface area (Å²) in [6.45, 7) is 6.69. The Morgan fingerprint density at radius 1 is 1.22 bits per heavy atom. The van der Waals surface area contributed by atoms with Crippen molar-refractivity contribution >= 4 is 29.9 Å². The molecule has 1 aliphatic rings. The van der Waals surface area contributed by atoms with Gasteiger partial charge in [0.15, 0.2) is 5.96 Å². The van der Waals surface area contributed by atoms with Gasteiger partial charge in [-0.05, 0) is 44.1 Å². The van der Waals surface area contributed by atoms with Gasteiger partial charge in [-0.25, -0.2) is 4.99 Å². The standard InChI is InChI=1S/C21H35N3O2.HI/c1-4-22-19(23-16-20(2,25)18-10-6-5-7-11-18)24-17-21(14-15-26-3)12-8-9-13-21;/h5-7,10-11,25H,4,8-9,12-17H2,1-3H3,(H2,22,23,24);1H. The second-order valence-electron chi connectivity index (χ2n) is 7.64. The number of hydrogen-bond acceptors (Lipinski definition) is 3. The summed E-state index contributed by atoms with van der Waals surface area (Å²) in [5, 5.41) is 17.6. The molecule has 1 aromatic carbocycles. The van der Waals surface area contributed by atoms with Crippen molar-refractivity contribution < 1.29 is 9.84 Å². The molecule has 0 spiro atoms. The summed E-state index contributed by atoms with van der Waals surface area (Å²) in [4.78, 5) is 4.65. The van der Waals surface area contributed by atoms with Crippen molar-refractivity contribution in [2.45, 2.75) is 51.6 Å². The quantitative estimate of drug-likeness (QED) is 0.282. The minimum Gasteiger partial charge on any atom is -0.385 e. The lowest BCUT2D eigenvalue weighted by Crippen LogP contribution is -2.44. The van der Waals surface area contributed by atoms with Gasteiger partial charge in [0.1, 0.15) is 5.60 Å². The number of nitrogens with one attached hydrogen (secondary N) is 2. The fourth-order valence-corrected chi connectivity index (χ4v) is 3.69. The van der Waals surface area contributed by atoms with Crippen molar-refractivity contribution in [2.24, 2.45) is 10.4 Å². The van der Waals surface area contributed by atoms with Gasteiger partial charge in [-0.3, -0.25) is 0 Å². The first-order valence-corrected chi connectivity index (χ1v) is 9.80. The average molecular weight is 489 g/mol. The van der Waals surface area contributed by atoms with Crippen LogP contribution in [0.2, 0.25) is 0 Å². The lowest BCUT2D eigenvalue weighted by atomic mass is 9.83. The van der Waals surface area contributed by atoms with Crippen molar-refractivity contribution in [2.75, 3.05) is 33.4 Å². The topological polar surface area (TPSA) is 65.9 Å². The molecule has 0 heterocycles. The molecule has 5 nitrogen and oxygen atoms in total. The maximum absolute atomic E-state index is 10.8. The zero-order chi connectivity index (χ0) is 18.9. The number of guanidine groups is 1. The molecule has 0 aliphatic heterocycles. The molecule has 1 aromatic rings. The Hall–Kier alpha value is -0.860. The molecule has 0 radical (unpaired) electrons. The van der Waals surface area contributed by atoms with E-state index in [1.807, 2.05) is 37.3 Å². The summed E-state index contributed by atoms with van der Waals surface area (Å²) in [7, 11) is 1.77. The highest BCUT2D eigenvalue weighted by Gasteiger charge is 2.33. The zero-order valence-electron chi connectivity index (χ0n) is 17.0. The average Bonchev–Trinajstić information content (AvgIpc) is 3.12. The number of hydrogen-bond donors (Lipinski definition) is 3. The third kappa shape index (κ3) is 7.58. The molecule has 1 atom stereocenters. The summed E-state index contributed by atoms with van der Waals surface area (Å²) in [5.74, 6) is 0.771. The van der Waals surface area contributed by atoms with Gasteiger partial charge in [0.25, 0.3) is 0 Å². The molecule has 0 bridgehead atoms. The van der Waals surface area contributed by atoms with Gasteiger partial charge in [-0.15, -0.1) is 24.0 Å². The SMILES string of the molecule is CCNC(=NCC(C)(O)c1ccccc1)NCC1(CCOC)CCCC1.I. The smallest absolute Gasteiger partial charge is 0.191 e. The number of halogens is 1. The van der Waals surface area contributed by atoms with E-state index in [4.69, 9.17) is 4.74 Å². The van der Waals surface area contributed by atoms with Gasteiger partial charge in [-0.2, -0.15) is 0 Å². The van der Waals surface area contributed by atoms with Crippen LogP contribution in [-0.2, 0) is 10.3 Å². The van der Waals surface area contributed by atoms with E-state index in [0.29, 0.717) is 12.0 Å². The molecule has 0 aromatic heterocycles. The Kier molecular flexibility index (Phi) is 10.6. The predicted octanol–water partition coefficient (Wildman–Crippen LogP) is 3.66. The summed E-state index contributed by atoms with van der Waals surface area (Å²) in [5.41, 5.74) is 0.200. The molecule has 0 saturated heterocycles. The first-order valence-electron chi connectivity index (χ1n) is 9.80. The van der Waals surface area contributed by atoms with Crippen LogP contribution in [0, 0.1) is 5.41 Å². The minimum absolute atomic E-state index is 0. The van der Waals surface area contributed by atoms with Gasteiger partial charge >= 0.3 is 0 Å². The van der Waals surface area contributed by atoms with Crippen molar-refractivity contribution in [3.63, 3.8) is 0 Å². The summed E-state index contributed by atoms with van der Waals surface area (Å²) in [6, 6.07) is 9.71. The van der Waals surface area contributed by atoms with Gasteiger partial charge < -0.3 is 20.5 Å². The number of rotatable bonds is 9. The number of nitrogens with zero attached hydrogens (tertiary/aromatic N) is 1. The highest BCUT2D eigenvalue weighted by molar-refractivity contribution is 14.0. The fourth-order valence-electron chi connectivity index (χ4n) is 3.69. The highest BCUT2D eigenvalue weighted by Crippen LogP contribution is 2.40. The second kappa shape index (κ2) is 11.9. The number of aliphatic imine (C=N–C) groups is 1. The van der Waals surface area contributed by atoms with E-state index in [1.165, 1.54) is 25.7 Å². The van der Waals surface area contributed by atoms with Gasteiger partial charge in [-0.1, -0.05) is 43.2 Å². The first kappa shape index (κ1) is 24.2. The van der Waals surface area contributed by atoms with Crippen LogP contribution in [-0.4, -0.2) is 44.4 Å². The molecule has 27 heavy (non-hydrogen) atoms. The lowest BCUT2D eigenvalue weighted by Gasteiger charge is -2.30. The van der Waals surface area contributed by atoms with Crippen LogP contribution in [0.1, 0.15) is 51.5 Å². The van der Waals surface area contributed by atoms with Crippen LogP contribution < -0.4 is 10.6 Å². The Labute approximate surface area is 181 Å². The third-order valence-electron chi connectivity index (χ3n) is 5.42. The van der Waals surface area contributed by atoms with Crippen molar-refractivity contribution in [1.29, 1.82) is 0 Å². The molecule has 0 amide bonds. The maximum atomic E-state index is 10.8. The van der Waals surface area contributed by atoms with Crippen LogP contribution >= 0.6 is 24.0 Å². The zero-order valence-corrected chi connectivity index (χ0v) is 19.3. The summed E-state index contributed by atoms with van der Waals surface area (Å²) < 4.78 is 5.32. The molecule has 1 aliphatic carbocycles. The molecule has 1 saturated carbocycles. The molecule has 3 N–H and O–H groups in total. The Balaban J connectivity index is 0.00000364. The fraction of sp³-hybridized carbons (Fsp3) is 0.667. The van der Waals surface area contributed by atoms with Crippen molar-refractivity contribution in [1.82, 2.24) is 10.6 Å². The molecular weight excluding hydrogens is 453 g/mol. The predicted molar refractivity (Wildman–Crippen MR) is 123 cm³/mol. The summed E-state index contributed by atoms with van der Waals surface area (Å²) >= 11 is 0. The van der Waals surface area contributed by atoms with Crippen molar-refractivity contribution in [3.05, 3.63) is 35.9 Å². The van der Waals surface area contributed by atoms with Crippen LogP contribution in [0.4, 0.5) is 0 Å². The van der Waals surface area contributed by atoms with Crippen LogP contribution in [0.5, 0.6) is 0 Å². The van der Waals surface area contributed by atoms with Crippen molar-refractivity contribution in [3.8, 4) is 0 Å². The van der Waals surface area contributed by atoms with E-state index in [0.717, 1.165) is 37.6 Å². The maximum Gasteiger partial charge on any atom is 0.191 e. The van der Waals surface area contributed by atoms with E-state index in [2.05, 4.69) is 22.5 Å². The third-order valence-corrected chi connectivity index (χ3v) is 5.42. The Bertz CT molecular complexity index is 558. The second-order valence-corrected chi connectivity index (χ2v) is 7.64. The molecule has 6 heteroatoms. The van der Waals surface area contributed by atoms with E-state index < -0.39 is 5.60 Å². The van der Waals surface area contributed by atoms with Crippen LogP contribution in [0.15, 0.2) is 35.3 Å². The van der Waals surface area contributed by atoms with Gasteiger partial charge in [0.05, 0.1) is 6.54 Å². The van der Waals surface area contributed by atoms with Crippen LogP contribution in [0.3, 0.4) is 0 Å². The molecule has 1 unspecified atom stereocenters. The number of ether oxygens (including phenoxy) is 1. The van der Waals surface area contributed by atoms with Crippen LogP contribution in [0.25, 0.3) is 0 Å². The number of aliphatic hydroxyl groups is 1. The number of benzene rings is 1. The lowest BCUT2D eigenvalue weighted by molar-refractivity contribution is 0.0672. The Morgan fingerprint density at radius 3 is 2.48 bits per heavy atom. The summed E-state index contributed by atoms with van der Waals surface area (Å²) in [6.07, 6.45) is 6.15. The number of methoxy groups -OCH3 is 1. The van der Waals surface area contributed by atoms with Gasteiger partial charge in [0, 0.05) is 26.8 Å². The normalized spacial score (nSPS) is 18.4. The largest absolute Gasteiger partial charge is 0.385 e. The van der Waals surface area contributed by atoms with E-state index >= 15 is 0 Å². The molecule has 1 fully saturated rings. The van der Waals surface area contributed by atoms with E-state index in [-0.39, 0.29) is 24.0 Å². The van der Waals surface area contributed by atoms with E-state index in [1.54, 1.807) is 7.11 Å². The Morgan fingerprint density at radius 2 is 1.89 bits per heavy atom. The molecule has 2 rings (SSSR count). The minimum atomic E-state index is -0.981. The van der Waals surface area contributed by atoms with E-state index in [9.17, 15) is 5.11 Å². The molecular formula is C21H36IN3O2. The first-order chi connectivity index (χ1) is 12.5.